The van der Waals surface area contributed by atoms with Crippen LogP contribution in [0.3, 0.4) is 0 Å². The Kier molecular flexibility index (Phi) is 5.12. The molecule has 1 atom stereocenters. The smallest absolute Gasteiger partial charge is 0.240 e. The zero-order chi connectivity index (χ0) is 17.9. The number of aliphatic hydroxyl groups excluding tert-OH is 1. The van der Waals surface area contributed by atoms with E-state index in [2.05, 4.69) is 4.72 Å². The van der Waals surface area contributed by atoms with Crippen molar-refractivity contribution in [1.29, 1.82) is 0 Å². The highest BCUT2D eigenvalue weighted by Gasteiger charge is 2.18. The molecule has 0 fully saturated rings. The maximum absolute atomic E-state index is 12.2. The molecule has 1 aliphatic rings. The minimum Gasteiger partial charge on any atom is -0.497 e. The SMILES string of the molecule is COc1ccc(S(=O)(=O)NCCC(O)c2ccc3c(c2)OCO3)cc1. The quantitative estimate of drug-likeness (QED) is 0.777. The summed E-state index contributed by atoms with van der Waals surface area (Å²) < 4.78 is 42.4. The van der Waals surface area contributed by atoms with Crippen LogP contribution in [-0.4, -0.2) is 34.0 Å². The van der Waals surface area contributed by atoms with Crippen molar-refractivity contribution in [2.24, 2.45) is 0 Å². The molecule has 0 spiro atoms. The molecule has 7 nitrogen and oxygen atoms in total. The second-order valence-electron chi connectivity index (χ2n) is 5.49. The normalized spacial score (nSPS) is 14.3. The number of nitrogens with one attached hydrogen (secondary N) is 1. The molecule has 3 rings (SSSR count). The number of benzene rings is 2. The number of methoxy groups -OCH3 is 1. The second kappa shape index (κ2) is 7.30. The van der Waals surface area contributed by atoms with Crippen molar-refractivity contribution in [2.75, 3.05) is 20.4 Å². The molecule has 0 saturated heterocycles. The van der Waals surface area contributed by atoms with Gasteiger partial charge in [0.1, 0.15) is 5.75 Å². The third kappa shape index (κ3) is 4.04. The zero-order valence-electron chi connectivity index (χ0n) is 13.6. The van der Waals surface area contributed by atoms with Gasteiger partial charge in [-0.05, 0) is 48.4 Å². The lowest BCUT2D eigenvalue weighted by Gasteiger charge is -2.13. The predicted molar refractivity (Wildman–Crippen MR) is 90.3 cm³/mol. The molecule has 25 heavy (non-hydrogen) atoms. The van der Waals surface area contributed by atoms with Crippen molar-refractivity contribution in [3.05, 3.63) is 48.0 Å². The summed E-state index contributed by atoms with van der Waals surface area (Å²) in [5, 5.41) is 10.2. The van der Waals surface area contributed by atoms with E-state index in [9.17, 15) is 13.5 Å². The summed E-state index contributed by atoms with van der Waals surface area (Å²) in [4.78, 5) is 0.144. The lowest BCUT2D eigenvalue weighted by Crippen LogP contribution is -2.25. The van der Waals surface area contributed by atoms with Crippen LogP contribution in [0.15, 0.2) is 47.4 Å². The van der Waals surface area contributed by atoms with Gasteiger partial charge >= 0.3 is 0 Å². The van der Waals surface area contributed by atoms with Crippen LogP contribution in [0.4, 0.5) is 0 Å². The van der Waals surface area contributed by atoms with Gasteiger partial charge in [-0.15, -0.1) is 0 Å². The van der Waals surface area contributed by atoms with E-state index in [1.54, 1.807) is 30.3 Å². The average molecular weight is 365 g/mol. The molecule has 1 heterocycles. The molecule has 0 radical (unpaired) electrons. The van der Waals surface area contributed by atoms with Gasteiger partial charge in [-0.25, -0.2) is 13.1 Å². The third-order valence-electron chi connectivity index (χ3n) is 3.86. The Balaban J connectivity index is 1.57. The van der Waals surface area contributed by atoms with Crippen LogP contribution in [0.1, 0.15) is 18.1 Å². The maximum Gasteiger partial charge on any atom is 0.240 e. The van der Waals surface area contributed by atoms with E-state index in [0.29, 0.717) is 22.8 Å². The van der Waals surface area contributed by atoms with Crippen molar-refractivity contribution in [3.8, 4) is 17.2 Å². The van der Waals surface area contributed by atoms with E-state index in [1.807, 2.05) is 0 Å². The fourth-order valence-corrected chi connectivity index (χ4v) is 3.50. The molecule has 2 N–H and O–H groups in total. The highest BCUT2D eigenvalue weighted by molar-refractivity contribution is 7.89. The van der Waals surface area contributed by atoms with E-state index < -0.39 is 16.1 Å². The van der Waals surface area contributed by atoms with Crippen LogP contribution < -0.4 is 18.9 Å². The summed E-state index contributed by atoms with van der Waals surface area (Å²) in [5.41, 5.74) is 0.646. The summed E-state index contributed by atoms with van der Waals surface area (Å²) in [6.45, 7) is 0.264. The molecule has 0 saturated carbocycles. The summed E-state index contributed by atoms with van der Waals surface area (Å²) in [7, 11) is -2.12. The van der Waals surface area contributed by atoms with Gasteiger partial charge < -0.3 is 19.3 Å². The lowest BCUT2D eigenvalue weighted by atomic mass is 10.1. The van der Waals surface area contributed by atoms with Gasteiger partial charge in [-0.3, -0.25) is 0 Å². The van der Waals surface area contributed by atoms with Crippen LogP contribution >= 0.6 is 0 Å². The monoisotopic (exact) mass is 365 g/mol. The molecular weight excluding hydrogens is 346 g/mol. The number of hydrogen-bond acceptors (Lipinski definition) is 6. The third-order valence-corrected chi connectivity index (χ3v) is 5.34. The molecule has 2 aromatic carbocycles. The first-order valence-corrected chi connectivity index (χ1v) is 9.19. The first-order valence-electron chi connectivity index (χ1n) is 7.71. The second-order valence-corrected chi connectivity index (χ2v) is 7.26. The number of aliphatic hydroxyl groups is 1. The Morgan fingerprint density at radius 2 is 1.88 bits per heavy atom. The Morgan fingerprint density at radius 1 is 1.16 bits per heavy atom. The molecule has 0 aromatic heterocycles. The first kappa shape index (κ1) is 17.5. The van der Waals surface area contributed by atoms with Crippen LogP contribution in [-0.2, 0) is 10.0 Å². The maximum atomic E-state index is 12.2. The Morgan fingerprint density at radius 3 is 2.60 bits per heavy atom. The van der Waals surface area contributed by atoms with E-state index in [1.165, 1.54) is 19.2 Å². The zero-order valence-corrected chi connectivity index (χ0v) is 14.5. The minimum absolute atomic E-state index is 0.101. The Hall–Kier alpha value is -2.29. The van der Waals surface area contributed by atoms with E-state index in [4.69, 9.17) is 14.2 Å². The van der Waals surface area contributed by atoms with E-state index in [0.717, 1.165) is 0 Å². The Labute approximate surface area is 146 Å². The number of ether oxygens (including phenoxy) is 3. The summed E-state index contributed by atoms with van der Waals surface area (Å²) in [6.07, 6.45) is -0.581. The van der Waals surface area contributed by atoms with Crippen molar-refractivity contribution in [2.45, 2.75) is 17.4 Å². The number of sulfonamides is 1. The largest absolute Gasteiger partial charge is 0.497 e. The minimum atomic E-state index is -3.63. The standard InChI is InChI=1S/C17H19NO6S/c1-22-13-3-5-14(6-4-13)25(20,21)18-9-8-15(19)12-2-7-16-17(10-12)24-11-23-16/h2-7,10,15,18-19H,8-9,11H2,1H3. The molecule has 0 aliphatic carbocycles. The van der Waals surface area contributed by atoms with E-state index in [-0.39, 0.29) is 24.7 Å². The van der Waals surface area contributed by atoms with Crippen LogP contribution in [0.2, 0.25) is 0 Å². The predicted octanol–water partition coefficient (Wildman–Crippen LogP) is 1.83. The molecule has 1 aliphatic heterocycles. The molecule has 2 aromatic rings. The van der Waals surface area contributed by atoms with Crippen LogP contribution in [0.25, 0.3) is 0 Å². The summed E-state index contributed by atoms with van der Waals surface area (Å²) >= 11 is 0. The molecule has 8 heteroatoms. The van der Waals surface area contributed by atoms with Gasteiger partial charge in [-0.1, -0.05) is 6.07 Å². The molecule has 0 bridgehead atoms. The fourth-order valence-electron chi connectivity index (χ4n) is 2.46. The lowest BCUT2D eigenvalue weighted by molar-refractivity contribution is 0.166. The number of fused-ring (bicyclic) bond motifs is 1. The van der Waals surface area contributed by atoms with Gasteiger partial charge in [0, 0.05) is 6.54 Å². The van der Waals surface area contributed by atoms with Crippen LogP contribution in [0, 0.1) is 0 Å². The van der Waals surface area contributed by atoms with Crippen LogP contribution in [0.5, 0.6) is 17.2 Å². The van der Waals surface area contributed by atoms with Crippen molar-refractivity contribution < 1.29 is 27.7 Å². The highest BCUT2D eigenvalue weighted by atomic mass is 32.2. The summed E-state index contributed by atoms with van der Waals surface area (Å²) in [6, 6.07) is 11.3. The van der Waals surface area contributed by atoms with Crippen molar-refractivity contribution >= 4 is 10.0 Å². The molecule has 134 valence electrons. The number of hydrogen-bond donors (Lipinski definition) is 2. The average Bonchev–Trinajstić information content (AvgIpc) is 3.09. The first-order chi connectivity index (χ1) is 12.0. The highest BCUT2D eigenvalue weighted by Crippen LogP contribution is 2.34. The molecule has 1 unspecified atom stereocenters. The topological polar surface area (TPSA) is 94.1 Å². The van der Waals surface area contributed by atoms with E-state index >= 15 is 0 Å². The number of rotatable bonds is 7. The summed E-state index contributed by atoms with van der Waals surface area (Å²) in [5.74, 6) is 1.80. The van der Waals surface area contributed by atoms with Gasteiger partial charge in [-0.2, -0.15) is 0 Å². The molecule has 0 amide bonds. The van der Waals surface area contributed by atoms with Crippen molar-refractivity contribution in [1.82, 2.24) is 4.72 Å². The Bertz CT molecular complexity index is 835. The van der Waals surface area contributed by atoms with Gasteiger partial charge in [0.25, 0.3) is 0 Å². The van der Waals surface area contributed by atoms with Crippen molar-refractivity contribution in [3.63, 3.8) is 0 Å². The fraction of sp³-hybridized carbons (Fsp3) is 0.294. The van der Waals surface area contributed by atoms with Gasteiger partial charge in [0.15, 0.2) is 11.5 Å². The van der Waals surface area contributed by atoms with Gasteiger partial charge in [0.2, 0.25) is 16.8 Å². The van der Waals surface area contributed by atoms with Gasteiger partial charge in [0.05, 0.1) is 18.1 Å². The molecular formula is C17H19NO6S.